The van der Waals surface area contributed by atoms with Crippen LogP contribution in [-0.4, -0.2) is 68.5 Å². The number of carbonyl (C=O) groups excluding carboxylic acids is 1. The summed E-state index contributed by atoms with van der Waals surface area (Å²) >= 11 is 6.66. The Labute approximate surface area is 246 Å². The van der Waals surface area contributed by atoms with E-state index in [0.717, 1.165) is 42.9 Å². The van der Waals surface area contributed by atoms with Crippen LogP contribution in [0.15, 0.2) is 48.7 Å². The Balaban J connectivity index is 1.45. The van der Waals surface area contributed by atoms with Crippen molar-refractivity contribution < 1.29 is 4.79 Å². The molecule has 1 saturated heterocycles. The van der Waals surface area contributed by atoms with Gasteiger partial charge in [-0.15, -0.1) is 0 Å². The molecule has 0 bridgehead atoms. The zero-order valence-corrected chi connectivity index (χ0v) is 25.0. The first-order chi connectivity index (χ1) is 19.7. The SMILES string of the molecule is CCc1nc(Nc2ncc(C(=O)N(Cc3ccc(C)cc3)c3c(C)cccc3Cl)n2C)nc(N2CCN(C)CC2)n1. The fourth-order valence-electron chi connectivity index (χ4n) is 4.83. The summed E-state index contributed by atoms with van der Waals surface area (Å²) in [5.41, 5.74) is 4.15. The molecule has 1 aliphatic heterocycles. The van der Waals surface area contributed by atoms with E-state index >= 15 is 0 Å². The first-order valence-corrected chi connectivity index (χ1v) is 14.2. The number of para-hydroxylation sites is 1. The monoisotopic (exact) mass is 573 g/mol. The largest absolute Gasteiger partial charge is 0.338 e. The van der Waals surface area contributed by atoms with E-state index < -0.39 is 0 Å². The number of hydrogen-bond donors (Lipinski definition) is 1. The molecule has 1 N–H and O–H groups in total. The molecule has 1 fully saturated rings. The summed E-state index contributed by atoms with van der Waals surface area (Å²) in [6.45, 7) is 9.97. The molecule has 214 valence electrons. The molecule has 0 radical (unpaired) electrons. The van der Waals surface area contributed by atoms with Crippen LogP contribution in [0, 0.1) is 13.8 Å². The Bertz CT molecular complexity index is 1510. The Morgan fingerprint density at radius 3 is 2.41 bits per heavy atom. The maximum Gasteiger partial charge on any atom is 0.276 e. The van der Waals surface area contributed by atoms with Crippen LogP contribution in [0.5, 0.6) is 0 Å². The number of piperazine rings is 1. The number of aryl methyl sites for hydroxylation is 3. The summed E-state index contributed by atoms with van der Waals surface area (Å²) in [7, 11) is 3.92. The van der Waals surface area contributed by atoms with E-state index in [9.17, 15) is 4.79 Å². The van der Waals surface area contributed by atoms with Crippen molar-refractivity contribution in [1.82, 2.24) is 29.4 Å². The van der Waals surface area contributed by atoms with E-state index in [-0.39, 0.29) is 5.91 Å². The fourth-order valence-corrected chi connectivity index (χ4v) is 5.15. The van der Waals surface area contributed by atoms with E-state index in [1.807, 2.05) is 57.2 Å². The molecular formula is C30H36ClN9O. The summed E-state index contributed by atoms with van der Waals surface area (Å²) in [5.74, 6) is 1.98. The number of halogens is 1. The predicted molar refractivity (Wildman–Crippen MR) is 163 cm³/mol. The summed E-state index contributed by atoms with van der Waals surface area (Å²) in [4.78, 5) is 38.8. The molecular weight excluding hydrogens is 538 g/mol. The fraction of sp³-hybridized carbons (Fsp3) is 0.367. The van der Waals surface area contributed by atoms with Crippen LogP contribution in [0.25, 0.3) is 0 Å². The topological polar surface area (TPSA) is 95.3 Å². The highest BCUT2D eigenvalue weighted by Crippen LogP contribution is 2.32. The number of likely N-dealkylation sites (N-methyl/N-ethyl adjacent to an activating group) is 1. The minimum absolute atomic E-state index is 0.215. The van der Waals surface area contributed by atoms with Crippen molar-refractivity contribution in [3.63, 3.8) is 0 Å². The quantitative estimate of drug-likeness (QED) is 0.322. The van der Waals surface area contributed by atoms with Crippen LogP contribution in [-0.2, 0) is 20.0 Å². The molecule has 10 nitrogen and oxygen atoms in total. The maximum absolute atomic E-state index is 14.1. The van der Waals surface area contributed by atoms with Crippen LogP contribution in [0.1, 0.15) is 39.9 Å². The Hall–Kier alpha value is -4.02. The van der Waals surface area contributed by atoms with Gasteiger partial charge in [-0.2, -0.15) is 15.0 Å². The van der Waals surface area contributed by atoms with Crippen molar-refractivity contribution in [2.75, 3.05) is 48.3 Å². The van der Waals surface area contributed by atoms with Crippen LogP contribution in [0.3, 0.4) is 0 Å². The number of benzene rings is 2. The first kappa shape index (κ1) is 28.5. The molecule has 2 aromatic heterocycles. The van der Waals surface area contributed by atoms with Crippen molar-refractivity contribution in [1.29, 1.82) is 0 Å². The molecule has 0 aliphatic carbocycles. The molecule has 41 heavy (non-hydrogen) atoms. The van der Waals surface area contributed by atoms with E-state index in [4.69, 9.17) is 16.6 Å². The minimum atomic E-state index is -0.215. The molecule has 4 aromatic rings. The van der Waals surface area contributed by atoms with E-state index in [1.54, 1.807) is 28.8 Å². The number of nitrogens with zero attached hydrogens (tertiary/aromatic N) is 8. The van der Waals surface area contributed by atoms with Crippen LogP contribution in [0.4, 0.5) is 23.5 Å². The van der Waals surface area contributed by atoms with Gasteiger partial charge in [-0.1, -0.05) is 60.5 Å². The van der Waals surface area contributed by atoms with Crippen LogP contribution in [0.2, 0.25) is 5.02 Å². The van der Waals surface area contributed by atoms with Gasteiger partial charge >= 0.3 is 0 Å². The number of rotatable bonds is 8. The highest BCUT2D eigenvalue weighted by molar-refractivity contribution is 6.34. The third kappa shape index (κ3) is 6.34. The lowest BCUT2D eigenvalue weighted by Gasteiger charge is -2.32. The van der Waals surface area contributed by atoms with Gasteiger partial charge in [0.25, 0.3) is 5.91 Å². The van der Waals surface area contributed by atoms with Gasteiger partial charge in [-0.05, 0) is 38.1 Å². The predicted octanol–water partition coefficient (Wildman–Crippen LogP) is 4.78. The molecule has 2 aromatic carbocycles. The van der Waals surface area contributed by atoms with E-state index in [1.165, 1.54) is 0 Å². The number of amides is 1. The average molecular weight is 574 g/mol. The number of carbonyl (C=O) groups is 1. The number of anilines is 4. The Kier molecular flexibility index (Phi) is 8.51. The zero-order valence-electron chi connectivity index (χ0n) is 24.2. The molecule has 1 aliphatic rings. The van der Waals surface area contributed by atoms with Gasteiger partial charge in [0, 0.05) is 39.6 Å². The van der Waals surface area contributed by atoms with Gasteiger partial charge in [0.1, 0.15) is 11.5 Å². The molecule has 0 atom stereocenters. The molecule has 11 heteroatoms. The second kappa shape index (κ2) is 12.2. The summed E-state index contributed by atoms with van der Waals surface area (Å²) in [5, 5.41) is 3.74. The standard InChI is InChI=1S/C30H36ClN9O/c1-6-25-33-28(36-30(34-25)39-16-14-37(4)15-17-39)35-29-32-18-24(38(29)5)27(41)40(19-22-12-10-20(2)11-13-22)26-21(3)8-7-9-23(26)31/h7-13,18H,6,14-17,19H2,1-5H3,(H,32,33,34,35,36). The second-order valence-corrected chi connectivity index (χ2v) is 10.9. The van der Waals surface area contributed by atoms with Gasteiger partial charge in [-0.25, -0.2) is 4.98 Å². The van der Waals surface area contributed by atoms with Crippen molar-refractivity contribution in [3.8, 4) is 0 Å². The molecule has 0 saturated carbocycles. The molecule has 3 heterocycles. The maximum atomic E-state index is 14.1. The highest BCUT2D eigenvalue weighted by Gasteiger charge is 2.26. The lowest BCUT2D eigenvalue weighted by atomic mass is 10.1. The lowest BCUT2D eigenvalue weighted by molar-refractivity contribution is 0.0977. The van der Waals surface area contributed by atoms with Gasteiger partial charge in [0.2, 0.25) is 17.8 Å². The molecule has 1 amide bonds. The number of imidazole rings is 1. The number of nitrogens with one attached hydrogen (secondary N) is 1. The summed E-state index contributed by atoms with van der Waals surface area (Å²) in [6, 6.07) is 13.8. The normalized spacial score (nSPS) is 13.9. The zero-order chi connectivity index (χ0) is 29.1. The molecule has 0 spiro atoms. The third-order valence-electron chi connectivity index (χ3n) is 7.37. The van der Waals surface area contributed by atoms with Crippen LogP contribution >= 0.6 is 11.6 Å². The van der Waals surface area contributed by atoms with E-state index in [0.29, 0.717) is 53.0 Å². The van der Waals surface area contributed by atoms with Crippen molar-refractivity contribution >= 4 is 41.0 Å². The third-order valence-corrected chi connectivity index (χ3v) is 7.67. The number of aromatic nitrogens is 5. The van der Waals surface area contributed by atoms with Crippen molar-refractivity contribution in [2.45, 2.75) is 33.7 Å². The average Bonchev–Trinajstić information content (AvgIpc) is 3.32. The highest BCUT2D eigenvalue weighted by atomic mass is 35.5. The smallest absolute Gasteiger partial charge is 0.276 e. The summed E-state index contributed by atoms with van der Waals surface area (Å²) in [6.07, 6.45) is 2.25. The van der Waals surface area contributed by atoms with Crippen molar-refractivity contribution in [3.05, 3.63) is 81.9 Å². The lowest BCUT2D eigenvalue weighted by Crippen LogP contribution is -2.45. The first-order valence-electron chi connectivity index (χ1n) is 13.8. The molecule has 5 rings (SSSR count). The van der Waals surface area contributed by atoms with Crippen LogP contribution < -0.4 is 15.1 Å². The summed E-state index contributed by atoms with van der Waals surface area (Å²) < 4.78 is 1.72. The van der Waals surface area contributed by atoms with Crippen molar-refractivity contribution in [2.24, 2.45) is 7.05 Å². The molecule has 0 unspecified atom stereocenters. The van der Waals surface area contributed by atoms with Gasteiger partial charge in [0.15, 0.2) is 0 Å². The van der Waals surface area contributed by atoms with E-state index in [2.05, 4.69) is 37.1 Å². The Morgan fingerprint density at radius 1 is 1.00 bits per heavy atom. The number of hydrogen-bond acceptors (Lipinski definition) is 8. The Morgan fingerprint density at radius 2 is 1.73 bits per heavy atom. The van der Waals surface area contributed by atoms with Gasteiger partial charge in [-0.3, -0.25) is 10.1 Å². The minimum Gasteiger partial charge on any atom is -0.338 e. The van der Waals surface area contributed by atoms with Gasteiger partial charge < -0.3 is 19.3 Å². The second-order valence-electron chi connectivity index (χ2n) is 10.5. The van der Waals surface area contributed by atoms with Gasteiger partial charge in [0.05, 0.1) is 23.5 Å².